The molecular formula is C18H26N4O2. The van der Waals surface area contributed by atoms with E-state index in [1.165, 1.54) is 5.69 Å². The number of para-hydroxylation sites is 2. The first-order chi connectivity index (χ1) is 11.8. The van der Waals surface area contributed by atoms with Crippen LogP contribution in [0.3, 0.4) is 0 Å². The highest BCUT2D eigenvalue weighted by Crippen LogP contribution is 2.29. The number of anilines is 2. The van der Waals surface area contributed by atoms with Gasteiger partial charge in [-0.05, 0) is 37.3 Å². The summed E-state index contributed by atoms with van der Waals surface area (Å²) in [6.45, 7) is 4.90. The number of aryl methyl sites for hydroxylation is 1. The van der Waals surface area contributed by atoms with Gasteiger partial charge in [0.1, 0.15) is 0 Å². The van der Waals surface area contributed by atoms with Crippen LogP contribution in [-0.2, 0) is 13.0 Å². The Morgan fingerprint density at radius 3 is 2.83 bits per heavy atom. The molecule has 1 saturated heterocycles. The standard InChI is InChI=1S/C18H26N4O2/c1-2-5-18-20-17(21-24-18)12-19-15-6-3-4-7-16(15)22-10-8-14(13-23)9-11-22/h3-4,6-7,14,19,23H,2,5,8-13H2,1H3. The average Bonchev–Trinajstić information content (AvgIpc) is 3.08. The van der Waals surface area contributed by atoms with Crippen LogP contribution < -0.4 is 10.2 Å². The van der Waals surface area contributed by atoms with Crippen LogP contribution in [0.2, 0.25) is 0 Å². The molecule has 1 aromatic heterocycles. The molecule has 0 spiro atoms. The van der Waals surface area contributed by atoms with Gasteiger partial charge in [-0.15, -0.1) is 0 Å². The smallest absolute Gasteiger partial charge is 0.226 e. The molecule has 1 aromatic carbocycles. The quantitative estimate of drug-likeness (QED) is 0.813. The lowest BCUT2D eigenvalue weighted by Crippen LogP contribution is -2.35. The molecule has 2 N–H and O–H groups in total. The normalized spacial score (nSPS) is 15.7. The van der Waals surface area contributed by atoms with E-state index in [4.69, 9.17) is 4.52 Å². The van der Waals surface area contributed by atoms with Gasteiger partial charge in [0.05, 0.1) is 17.9 Å². The lowest BCUT2D eigenvalue weighted by molar-refractivity contribution is 0.203. The maximum Gasteiger partial charge on any atom is 0.226 e. The lowest BCUT2D eigenvalue weighted by Gasteiger charge is -2.34. The Kier molecular flexibility index (Phi) is 5.69. The van der Waals surface area contributed by atoms with Crippen LogP contribution in [0.25, 0.3) is 0 Å². The largest absolute Gasteiger partial charge is 0.396 e. The number of nitrogens with one attached hydrogen (secondary N) is 1. The zero-order valence-corrected chi connectivity index (χ0v) is 14.2. The summed E-state index contributed by atoms with van der Waals surface area (Å²) >= 11 is 0. The molecule has 3 rings (SSSR count). The van der Waals surface area contributed by atoms with Gasteiger partial charge in [0.2, 0.25) is 5.89 Å². The van der Waals surface area contributed by atoms with Gasteiger partial charge in [0, 0.05) is 26.1 Å². The van der Waals surface area contributed by atoms with Gasteiger partial charge in [0.15, 0.2) is 5.82 Å². The summed E-state index contributed by atoms with van der Waals surface area (Å²) in [5.74, 6) is 1.83. The molecule has 6 nitrogen and oxygen atoms in total. The molecule has 24 heavy (non-hydrogen) atoms. The van der Waals surface area contributed by atoms with E-state index in [0.29, 0.717) is 30.8 Å². The molecule has 1 fully saturated rings. The summed E-state index contributed by atoms with van der Waals surface area (Å²) in [6, 6.07) is 8.32. The molecule has 2 aromatic rings. The summed E-state index contributed by atoms with van der Waals surface area (Å²) < 4.78 is 5.23. The Morgan fingerprint density at radius 2 is 2.08 bits per heavy atom. The van der Waals surface area contributed by atoms with Crippen LogP contribution in [0.5, 0.6) is 0 Å². The third kappa shape index (κ3) is 4.06. The maximum atomic E-state index is 9.30. The van der Waals surface area contributed by atoms with Crippen molar-refractivity contribution in [2.75, 3.05) is 29.9 Å². The van der Waals surface area contributed by atoms with Gasteiger partial charge in [-0.25, -0.2) is 0 Å². The predicted octanol–water partition coefficient (Wildman–Crippen LogP) is 2.84. The molecule has 1 aliphatic heterocycles. The first-order valence-electron chi connectivity index (χ1n) is 8.80. The highest BCUT2D eigenvalue weighted by molar-refractivity contribution is 5.70. The van der Waals surface area contributed by atoms with E-state index >= 15 is 0 Å². The molecule has 0 unspecified atom stereocenters. The first kappa shape index (κ1) is 16.8. The van der Waals surface area contributed by atoms with Crippen molar-refractivity contribution < 1.29 is 9.63 Å². The van der Waals surface area contributed by atoms with Crippen molar-refractivity contribution in [1.82, 2.24) is 10.1 Å². The first-order valence-corrected chi connectivity index (χ1v) is 8.80. The molecule has 0 saturated carbocycles. The molecule has 0 bridgehead atoms. The highest BCUT2D eigenvalue weighted by atomic mass is 16.5. The molecule has 1 aliphatic rings. The van der Waals surface area contributed by atoms with Gasteiger partial charge in [0.25, 0.3) is 0 Å². The maximum absolute atomic E-state index is 9.30. The van der Waals surface area contributed by atoms with E-state index in [-0.39, 0.29) is 0 Å². The average molecular weight is 330 g/mol. The number of nitrogens with zero attached hydrogens (tertiary/aromatic N) is 3. The molecule has 0 atom stereocenters. The number of rotatable bonds is 7. The van der Waals surface area contributed by atoms with Gasteiger partial charge in [-0.3, -0.25) is 0 Å². The fourth-order valence-electron chi connectivity index (χ4n) is 3.11. The van der Waals surface area contributed by atoms with Crippen molar-refractivity contribution in [3.63, 3.8) is 0 Å². The molecular weight excluding hydrogens is 304 g/mol. The Morgan fingerprint density at radius 1 is 1.29 bits per heavy atom. The van der Waals surface area contributed by atoms with Gasteiger partial charge >= 0.3 is 0 Å². The van der Waals surface area contributed by atoms with E-state index in [1.807, 2.05) is 6.07 Å². The lowest BCUT2D eigenvalue weighted by atomic mass is 9.97. The number of benzene rings is 1. The minimum atomic E-state index is 0.297. The third-order valence-electron chi connectivity index (χ3n) is 4.53. The second-order valence-electron chi connectivity index (χ2n) is 6.34. The predicted molar refractivity (Wildman–Crippen MR) is 94.1 cm³/mol. The number of piperidine rings is 1. The minimum Gasteiger partial charge on any atom is -0.396 e. The Labute approximate surface area is 142 Å². The van der Waals surface area contributed by atoms with Gasteiger partial charge in [-0.2, -0.15) is 4.98 Å². The third-order valence-corrected chi connectivity index (χ3v) is 4.53. The van der Waals surface area contributed by atoms with E-state index < -0.39 is 0 Å². The van der Waals surface area contributed by atoms with Crippen molar-refractivity contribution >= 4 is 11.4 Å². The Bertz CT molecular complexity index is 635. The number of aliphatic hydroxyl groups is 1. The zero-order chi connectivity index (χ0) is 16.8. The van der Waals surface area contributed by atoms with Crippen LogP contribution in [0.1, 0.15) is 37.9 Å². The number of hydrogen-bond acceptors (Lipinski definition) is 6. The molecule has 130 valence electrons. The fraction of sp³-hybridized carbons (Fsp3) is 0.556. The summed E-state index contributed by atoms with van der Waals surface area (Å²) in [4.78, 5) is 6.78. The van der Waals surface area contributed by atoms with Crippen molar-refractivity contribution in [2.24, 2.45) is 5.92 Å². The van der Waals surface area contributed by atoms with Crippen LogP contribution in [0.15, 0.2) is 28.8 Å². The second-order valence-corrected chi connectivity index (χ2v) is 6.34. The molecule has 0 amide bonds. The summed E-state index contributed by atoms with van der Waals surface area (Å²) in [5.41, 5.74) is 2.29. The van der Waals surface area contributed by atoms with Crippen LogP contribution in [0.4, 0.5) is 11.4 Å². The molecule has 2 heterocycles. The Balaban J connectivity index is 1.63. The topological polar surface area (TPSA) is 74.4 Å². The number of aromatic nitrogens is 2. The van der Waals surface area contributed by atoms with Crippen molar-refractivity contribution in [1.29, 1.82) is 0 Å². The van der Waals surface area contributed by atoms with Crippen molar-refractivity contribution in [3.05, 3.63) is 36.0 Å². The minimum absolute atomic E-state index is 0.297. The number of hydrogen-bond donors (Lipinski definition) is 2. The van der Waals surface area contributed by atoms with E-state index in [1.54, 1.807) is 0 Å². The molecule has 6 heteroatoms. The van der Waals surface area contributed by atoms with E-state index in [0.717, 1.165) is 44.5 Å². The summed E-state index contributed by atoms with van der Waals surface area (Å²) in [5, 5.41) is 16.8. The Hall–Kier alpha value is -2.08. The van der Waals surface area contributed by atoms with Crippen LogP contribution in [-0.4, -0.2) is 34.9 Å². The van der Waals surface area contributed by atoms with Crippen LogP contribution >= 0.6 is 0 Å². The highest BCUT2D eigenvalue weighted by Gasteiger charge is 2.20. The van der Waals surface area contributed by atoms with Gasteiger partial charge in [-0.1, -0.05) is 24.2 Å². The monoisotopic (exact) mass is 330 g/mol. The van der Waals surface area contributed by atoms with Gasteiger partial charge < -0.3 is 19.8 Å². The fourth-order valence-corrected chi connectivity index (χ4v) is 3.11. The van der Waals surface area contributed by atoms with E-state index in [9.17, 15) is 5.11 Å². The SMILES string of the molecule is CCCc1nc(CNc2ccccc2N2CCC(CO)CC2)no1. The summed E-state index contributed by atoms with van der Waals surface area (Å²) in [7, 11) is 0. The van der Waals surface area contributed by atoms with Crippen LogP contribution in [0, 0.1) is 5.92 Å². The molecule has 0 aliphatic carbocycles. The second kappa shape index (κ2) is 8.15. The molecule has 0 radical (unpaired) electrons. The zero-order valence-electron chi connectivity index (χ0n) is 14.2. The van der Waals surface area contributed by atoms with E-state index in [2.05, 4.69) is 45.5 Å². The van der Waals surface area contributed by atoms with Crippen molar-refractivity contribution in [3.8, 4) is 0 Å². The summed E-state index contributed by atoms with van der Waals surface area (Å²) in [6.07, 6.45) is 3.90. The van der Waals surface area contributed by atoms with Crippen molar-refractivity contribution in [2.45, 2.75) is 39.2 Å². The number of aliphatic hydroxyl groups excluding tert-OH is 1.